The molecule has 0 spiro atoms. The van der Waals surface area contributed by atoms with Gasteiger partial charge in [0.05, 0.1) is 17.8 Å². The summed E-state index contributed by atoms with van der Waals surface area (Å²) in [7, 11) is 0. The van der Waals surface area contributed by atoms with E-state index in [0.717, 1.165) is 22.0 Å². The van der Waals surface area contributed by atoms with Crippen molar-refractivity contribution in [3.63, 3.8) is 0 Å². The van der Waals surface area contributed by atoms with Gasteiger partial charge in [-0.3, -0.25) is 9.89 Å². The third-order valence-electron chi connectivity index (χ3n) is 4.36. The lowest BCUT2D eigenvalue weighted by Crippen LogP contribution is -2.25. The van der Waals surface area contributed by atoms with Gasteiger partial charge in [0.25, 0.3) is 0 Å². The van der Waals surface area contributed by atoms with Crippen molar-refractivity contribution in [2.45, 2.75) is 18.6 Å². The largest absolute Gasteiger partial charge is 0.346 e. The molecule has 1 aliphatic rings. The standard InChI is InChI=1S/C19H16FN3O/c20-16-10-18(15-4-2-1-3-14(15)16)22-19(24)8-6-12-5-7-13-11-21-23-17(13)9-12/h1-9,11,16,18H,10H2,(H,21,23)(H,22,24)/b8-6+. The molecule has 4 nitrogen and oxygen atoms in total. The number of hydrogen-bond donors (Lipinski definition) is 2. The number of benzene rings is 2. The van der Waals surface area contributed by atoms with Crippen LogP contribution in [0.3, 0.4) is 0 Å². The fraction of sp³-hybridized carbons (Fsp3) is 0.158. The average molecular weight is 321 g/mol. The molecule has 3 aromatic rings. The monoisotopic (exact) mass is 321 g/mol. The Morgan fingerprint density at radius 1 is 1.25 bits per heavy atom. The Bertz CT molecular complexity index is 931. The van der Waals surface area contributed by atoms with Gasteiger partial charge in [-0.2, -0.15) is 5.10 Å². The second-order valence-electron chi connectivity index (χ2n) is 5.94. The van der Waals surface area contributed by atoms with Gasteiger partial charge in [-0.15, -0.1) is 0 Å². The minimum absolute atomic E-state index is 0.228. The Hall–Kier alpha value is -2.95. The van der Waals surface area contributed by atoms with Crippen molar-refractivity contribution in [3.05, 3.63) is 71.4 Å². The Morgan fingerprint density at radius 3 is 2.96 bits per heavy atom. The summed E-state index contributed by atoms with van der Waals surface area (Å²) in [5.74, 6) is -0.228. The van der Waals surface area contributed by atoms with Gasteiger partial charge in [0.1, 0.15) is 6.17 Å². The minimum Gasteiger partial charge on any atom is -0.346 e. The molecular formula is C19H16FN3O. The summed E-state index contributed by atoms with van der Waals surface area (Å²) in [5.41, 5.74) is 3.36. The third kappa shape index (κ3) is 2.69. The first-order valence-electron chi connectivity index (χ1n) is 7.85. The topological polar surface area (TPSA) is 57.8 Å². The number of H-pyrrole nitrogens is 1. The van der Waals surface area contributed by atoms with E-state index in [1.165, 1.54) is 6.08 Å². The molecule has 1 aliphatic carbocycles. The second-order valence-corrected chi connectivity index (χ2v) is 5.94. The number of alkyl halides is 1. The lowest BCUT2D eigenvalue weighted by Gasteiger charge is -2.12. The number of aromatic nitrogens is 2. The quantitative estimate of drug-likeness (QED) is 0.720. The first kappa shape index (κ1) is 14.6. The lowest BCUT2D eigenvalue weighted by molar-refractivity contribution is -0.117. The highest BCUT2D eigenvalue weighted by Gasteiger charge is 2.30. The minimum atomic E-state index is -1.02. The maximum absolute atomic E-state index is 14.0. The van der Waals surface area contributed by atoms with Crippen molar-refractivity contribution in [2.24, 2.45) is 0 Å². The Labute approximate surface area is 138 Å². The molecule has 0 saturated heterocycles. The zero-order chi connectivity index (χ0) is 16.5. The van der Waals surface area contributed by atoms with Crippen LogP contribution in [0.2, 0.25) is 0 Å². The number of rotatable bonds is 3. The van der Waals surface area contributed by atoms with Crippen LogP contribution >= 0.6 is 0 Å². The summed E-state index contributed by atoms with van der Waals surface area (Å²) in [6, 6.07) is 12.9. The average Bonchev–Trinajstić information content (AvgIpc) is 3.18. The number of nitrogens with zero attached hydrogens (tertiary/aromatic N) is 1. The van der Waals surface area contributed by atoms with E-state index >= 15 is 0 Å². The molecule has 0 radical (unpaired) electrons. The number of aromatic amines is 1. The number of amides is 1. The normalized spacial score (nSPS) is 19.7. The number of fused-ring (bicyclic) bond motifs is 2. The van der Waals surface area contributed by atoms with Crippen LogP contribution in [-0.4, -0.2) is 16.1 Å². The molecule has 120 valence electrons. The van der Waals surface area contributed by atoms with Crippen LogP contribution < -0.4 is 5.32 Å². The fourth-order valence-electron chi connectivity index (χ4n) is 3.16. The van der Waals surface area contributed by atoms with Crippen LogP contribution in [0.25, 0.3) is 17.0 Å². The predicted molar refractivity (Wildman–Crippen MR) is 90.9 cm³/mol. The van der Waals surface area contributed by atoms with Crippen LogP contribution in [0.5, 0.6) is 0 Å². The van der Waals surface area contributed by atoms with Gasteiger partial charge in [-0.25, -0.2) is 4.39 Å². The highest BCUT2D eigenvalue weighted by molar-refractivity contribution is 5.92. The molecule has 2 atom stereocenters. The van der Waals surface area contributed by atoms with Crippen molar-refractivity contribution in [3.8, 4) is 0 Å². The van der Waals surface area contributed by atoms with E-state index in [9.17, 15) is 9.18 Å². The van der Waals surface area contributed by atoms with Crippen LogP contribution in [0, 0.1) is 0 Å². The summed E-state index contributed by atoms with van der Waals surface area (Å²) < 4.78 is 14.0. The Balaban J connectivity index is 1.47. The molecule has 0 bridgehead atoms. The Kier molecular flexibility index (Phi) is 3.61. The zero-order valence-corrected chi connectivity index (χ0v) is 12.9. The highest BCUT2D eigenvalue weighted by Crippen LogP contribution is 2.40. The molecule has 5 heteroatoms. The fourth-order valence-corrected chi connectivity index (χ4v) is 3.16. The number of halogens is 1. The Morgan fingerprint density at radius 2 is 2.08 bits per heavy atom. The molecule has 0 saturated carbocycles. The molecular weight excluding hydrogens is 305 g/mol. The van der Waals surface area contributed by atoms with Gasteiger partial charge >= 0.3 is 0 Å². The molecule has 1 heterocycles. The van der Waals surface area contributed by atoms with Gasteiger partial charge in [0.2, 0.25) is 5.91 Å². The van der Waals surface area contributed by atoms with Crippen molar-refractivity contribution >= 4 is 22.9 Å². The van der Waals surface area contributed by atoms with Gasteiger partial charge in [0, 0.05) is 17.9 Å². The number of hydrogen-bond acceptors (Lipinski definition) is 2. The van der Waals surface area contributed by atoms with E-state index in [1.54, 1.807) is 18.3 Å². The first-order valence-corrected chi connectivity index (χ1v) is 7.85. The van der Waals surface area contributed by atoms with E-state index < -0.39 is 6.17 Å². The number of carbonyl (C=O) groups is 1. The van der Waals surface area contributed by atoms with Gasteiger partial charge in [-0.1, -0.05) is 36.4 Å². The second kappa shape index (κ2) is 5.92. The summed E-state index contributed by atoms with van der Waals surface area (Å²) in [6.07, 6.45) is 4.24. The molecule has 2 aromatic carbocycles. The van der Waals surface area contributed by atoms with Crippen molar-refractivity contribution < 1.29 is 9.18 Å². The van der Waals surface area contributed by atoms with Gasteiger partial charge in [-0.05, 0) is 28.8 Å². The van der Waals surface area contributed by atoms with Crippen LogP contribution in [0.4, 0.5) is 4.39 Å². The van der Waals surface area contributed by atoms with E-state index in [0.29, 0.717) is 12.0 Å². The van der Waals surface area contributed by atoms with E-state index in [-0.39, 0.29) is 11.9 Å². The summed E-state index contributed by atoms with van der Waals surface area (Å²) in [6.45, 7) is 0. The smallest absolute Gasteiger partial charge is 0.244 e. The van der Waals surface area contributed by atoms with Crippen LogP contribution in [0.15, 0.2) is 54.7 Å². The predicted octanol–water partition coefficient (Wildman–Crippen LogP) is 3.85. The maximum Gasteiger partial charge on any atom is 0.244 e. The van der Waals surface area contributed by atoms with Gasteiger partial charge < -0.3 is 5.32 Å². The van der Waals surface area contributed by atoms with Crippen molar-refractivity contribution in [1.29, 1.82) is 0 Å². The lowest BCUT2D eigenvalue weighted by atomic mass is 10.1. The molecule has 2 N–H and O–H groups in total. The maximum atomic E-state index is 14.0. The van der Waals surface area contributed by atoms with Gasteiger partial charge in [0.15, 0.2) is 0 Å². The molecule has 0 fully saturated rings. The molecule has 1 amide bonds. The van der Waals surface area contributed by atoms with Crippen molar-refractivity contribution in [2.75, 3.05) is 0 Å². The first-order chi connectivity index (χ1) is 11.7. The highest BCUT2D eigenvalue weighted by atomic mass is 19.1. The summed E-state index contributed by atoms with van der Waals surface area (Å²) >= 11 is 0. The molecule has 0 aliphatic heterocycles. The SMILES string of the molecule is O=C(/C=C/c1ccc2cn[nH]c2c1)NC1CC(F)c2ccccc21. The van der Waals surface area contributed by atoms with Crippen LogP contribution in [0.1, 0.15) is 35.3 Å². The van der Waals surface area contributed by atoms with E-state index in [2.05, 4.69) is 15.5 Å². The molecule has 24 heavy (non-hydrogen) atoms. The summed E-state index contributed by atoms with van der Waals surface area (Å²) in [4.78, 5) is 12.2. The van der Waals surface area contributed by atoms with E-state index in [1.807, 2.05) is 36.4 Å². The zero-order valence-electron chi connectivity index (χ0n) is 12.9. The molecule has 1 aromatic heterocycles. The molecule has 4 rings (SSSR count). The number of nitrogens with one attached hydrogen (secondary N) is 2. The summed E-state index contributed by atoms with van der Waals surface area (Å²) in [5, 5.41) is 10.8. The van der Waals surface area contributed by atoms with Crippen LogP contribution in [-0.2, 0) is 4.79 Å². The number of carbonyl (C=O) groups excluding carboxylic acids is 1. The van der Waals surface area contributed by atoms with E-state index in [4.69, 9.17) is 0 Å². The third-order valence-corrected chi connectivity index (χ3v) is 4.36. The molecule has 2 unspecified atom stereocenters. The van der Waals surface area contributed by atoms with Crippen molar-refractivity contribution in [1.82, 2.24) is 15.5 Å².